The van der Waals surface area contributed by atoms with Crippen LogP contribution in [0.1, 0.15) is 12.5 Å². The highest BCUT2D eigenvalue weighted by Crippen LogP contribution is 2.29. The molecule has 0 saturated heterocycles. The van der Waals surface area contributed by atoms with E-state index < -0.39 is 0 Å². The van der Waals surface area contributed by atoms with Crippen LogP contribution in [-0.2, 0) is 17.9 Å². The van der Waals surface area contributed by atoms with E-state index in [4.69, 9.17) is 15.2 Å². The van der Waals surface area contributed by atoms with E-state index >= 15 is 0 Å². The molecule has 0 saturated carbocycles. The number of hydrogen-bond donors (Lipinski definition) is 1. The van der Waals surface area contributed by atoms with Crippen molar-refractivity contribution >= 4 is 5.69 Å². The summed E-state index contributed by atoms with van der Waals surface area (Å²) in [5, 5.41) is 4.37. The lowest BCUT2D eigenvalue weighted by Gasteiger charge is -2.10. The number of benzene rings is 2. The van der Waals surface area contributed by atoms with Gasteiger partial charge in [0.05, 0.1) is 25.0 Å². The third kappa shape index (κ3) is 4.61. The van der Waals surface area contributed by atoms with E-state index in [-0.39, 0.29) is 0 Å². The summed E-state index contributed by atoms with van der Waals surface area (Å²) in [5.74, 6) is 0.684. The standard InChI is InChI=1S/C20H23N3O2/c1-2-24-11-10-23-14-18(13-22-23)17-8-9-19(21)20(12-17)25-15-16-6-4-3-5-7-16/h3-9,12-14H,2,10-11,15,21H2,1H3. The average molecular weight is 337 g/mol. The Kier molecular flexibility index (Phi) is 5.69. The number of nitrogens with two attached hydrogens (primary N) is 1. The summed E-state index contributed by atoms with van der Waals surface area (Å²) in [6.45, 7) is 4.58. The predicted octanol–water partition coefficient (Wildman–Crippen LogP) is 3.75. The molecular weight excluding hydrogens is 314 g/mol. The van der Waals surface area contributed by atoms with Crippen LogP contribution in [0.3, 0.4) is 0 Å². The van der Waals surface area contributed by atoms with Crippen LogP contribution in [0.4, 0.5) is 5.69 Å². The summed E-state index contributed by atoms with van der Waals surface area (Å²) in [4.78, 5) is 0. The SMILES string of the molecule is CCOCCn1cc(-c2ccc(N)c(OCc3ccccc3)c2)cn1. The van der Waals surface area contributed by atoms with Crippen molar-refractivity contribution in [3.8, 4) is 16.9 Å². The highest BCUT2D eigenvalue weighted by atomic mass is 16.5. The maximum absolute atomic E-state index is 6.06. The second-order valence-corrected chi connectivity index (χ2v) is 5.72. The molecule has 0 radical (unpaired) electrons. The van der Waals surface area contributed by atoms with Gasteiger partial charge in [-0.2, -0.15) is 5.10 Å². The summed E-state index contributed by atoms with van der Waals surface area (Å²) in [7, 11) is 0. The first-order valence-electron chi connectivity index (χ1n) is 8.43. The zero-order chi connectivity index (χ0) is 17.5. The van der Waals surface area contributed by atoms with Gasteiger partial charge >= 0.3 is 0 Å². The van der Waals surface area contributed by atoms with Crippen LogP contribution in [0, 0.1) is 0 Å². The van der Waals surface area contributed by atoms with Gasteiger partial charge < -0.3 is 15.2 Å². The van der Waals surface area contributed by atoms with Crippen molar-refractivity contribution < 1.29 is 9.47 Å². The van der Waals surface area contributed by atoms with Gasteiger partial charge in [0, 0.05) is 18.4 Å². The number of aromatic nitrogens is 2. The normalized spacial score (nSPS) is 10.8. The zero-order valence-corrected chi connectivity index (χ0v) is 14.4. The summed E-state index contributed by atoms with van der Waals surface area (Å²) in [6.07, 6.45) is 3.85. The molecule has 3 aromatic rings. The van der Waals surface area contributed by atoms with E-state index in [9.17, 15) is 0 Å². The van der Waals surface area contributed by atoms with Crippen LogP contribution in [0.25, 0.3) is 11.1 Å². The van der Waals surface area contributed by atoms with Gasteiger partial charge in [-0.15, -0.1) is 0 Å². The minimum Gasteiger partial charge on any atom is -0.487 e. The quantitative estimate of drug-likeness (QED) is 0.502. The molecule has 3 rings (SSSR count). The molecule has 5 heteroatoms. The lowest BCUT2D eigenvalue weighted by Crippen LogP contribution is -2.05. The minimum absolute atomic E-state index is 0.488. The Morgan fingerprint density at radius 1 is 1.08 bits per heavy atom. The van der Waals surface area contributed by atoms with Gasteiger partial charge in [-0.05, 0) is 30.2 Å². The Hall–Kier alpha value is -2.79. The van der Waals surface area contributed by atoms with Crippen LogP contribution in [0.15, 0.2) is 60.9 Å². The molecule has 25 heavy (non-hydrogen) atoms. The number of anilines is 1. The first-order chi connectivity index (χ1) is 12.3. The van der Waals surface area contributed by atoms with Crippen molar-refractivity contribution in [2.24, 2.45) is 0 Å². The molecule has 5 nitrogen and oxygen atoms in total. The van der Waals surface area contributed by atoms with Crippen molar-refractivity contribution in [2.45, 2.75) is 20.1 Å². The van der Waals surface area contributed by atoms with E-state index in [0.29, 0.717) is 31.3 Å². The molecule has 0 fully saturated rings. The fourth-order valence-corrected chi connectivity index (χ4v) is 2.51. The van der Waals surface area contributed by atoms with Crippen molar-refractivity contribution in [3.63, 3.8) is 0 Å². The molecule has 0 amide bonds. The Morgan fingerprint density at radius 2 is 1.92 bits per heavy atom. The fourth-order valence-electron chi connectivity index (χ4n) is 2.51. The maximum atomic E-state index is 6.06. The smallest absolute Gasteiger partial charge is 0.143 e. The lowest BCUT2D eigenvalue weighted by atomic mass is 10.1. The monoisotopic (exact) mass is 337 g/mol. The van der Waals surface area contributed by atoms with Crippen molar-refractivity contribution in [3.05, 3.63) is 66.5 Å². The van der Waals surface area contributed by atoms with Gasteiger partial charge in [0.25, 0.3) is 0 Å². The highest BCUT2D eigenvalue weighted by molar-refractivity contribution is 5.68. The van der Waals surface area contributed by atoms with Gasteiger partial charge in [-0.1, -0.05) is 36.4 Å². The third-order valence-corrected chi connectivity index (χ3v) is 3.89. The summed E-state index contributed by atoms with van der Waals surface area (Å²) in [5.41, 5.74) is 9.85. The van der Waals surface area contributed by atoms with E-state index in [1.165, 1.54) is 0 Å². The topological polar surface area (TPSA) is 62.3 Å². The van der Waals surface area contributed by atoms with E-state index in [0.717, 1.165) is 23.2 Å². The second-order valence-electron chi connectivity index (χ2n) is 5.72. The number of rotatable bonds is 8. The number of nitrogens with zero attached hydrogens (tertiary/aromatic N) is 2. The molecular formula is C20H23N3O2. The minimum atomic E-state index is 0.488. The molecule has 0 spiro atoms. The van der Waals surface area contributed by atoms with Gasteiger partial charge in [-0.25, -0.2) is 0 Å². The van der Waals surface area contributed by atoms with Crippen LogP contribution in [-0.4, -0.2) is 23.0 Å². The Bertz CT molecular complexity index is 800. The predicted molar refractivity (Wildman–Crippen MR) is 99.3 cm³/mol. The second kappa shape index (κ2) is 8.35. The van der Waals surface area contributed by atoms with E-state index in [2.05, 4.69) is 5.10 Å². The molecule has 2 aromatic carbocycles. The van der Waals surface area contributed by atoms with Gasteiger partial charge in [0.15, 0.2) is 0 Å². The molecule has 130 valence electrons. The Balaban J connectivity index is 1.70. The van der Waals surface area contributed by atoms with Crippen molar-refractivity contribution in [2.75, 3.05) is 18.9 Å². The van der Waals surface area contributed by atoms with E-state index in [1.54, 1.807) is 0 Å². The zero-order valence-electron chi connectivity index (χ0n) is 14.4. The molecule has 0 aliphatic carbocycles. The Labute approximate surface area is 148 Å². The molecule has 1 aromatic heterocycles. The lowest BCUT2D eigenvalue weighted by molar-refractivity contribution is 0.136. The molecule has 0 atom stereocenters. The maximum Gasteiger partial charge on any atom is 0.143 e. The van der Waals surface area contributed by atoms with Crippen molar-refractivity contribution in [1.29, 1.82) is 0 Å². The molecule has 2 N–H and O–H groups in total. The van der Waals surface area contributed by atoms with Gasteiger partial charge in [-0.3, -0.25) is 4.68 Å². The number of ether oxygens (including phenoxy) is 2. The van der Waals surface area contributed by atoms with Crippen molar-refractivity contribution in [1.82, 2.24) is 9.78 Å². The van der Waals surface area contributed by atoms with Gasteiger partial charge in [0.2, 0.25) is 0 Å². The fraction of sp³-hybridized carbons (Fsp3) is 0.250. The molecule has 0 unspecified atom stereocenters. The number of nitrogen functional groups attached to an aromatic ring is 1. The molecule has 1 heterocycles. The van der Waals surface area contributed by atoms with Crippen LogP contribution in [0.5, 0.6) is 5.75 Å². The van der Waals surface area contributed by atoms with Gasteiger partial charge in [0.1, 0.15) is 12.4 Å². The molecule has 0 bridgehead atoms. The molecule has 0 aliphatic rings. The Morgan fingerprint density at radius 3 is 2.72 bits per heavy atom. The van der Waals surface area contributed by atoms with Crippen LogP contribution >= 0.6 is 0 Å². The molecule has 0 aliphatic heterocycles. The van der Waals surface area contributed by atoms with Crippen LogP contribution < -0.4 is 10.5 Å². The first-order valence-corrected chi connectivity index (χ1v) is 8.43. The average Bonchev–Trinajstić information content (AvgIpc) is 3.11. The summed E-state index contributed by atoms with van der Waals surface area (Å²) < 4.78 is 13.1. The summed E-state index contributed by atoms with van der Waals surface area (Å²) >= 11 is 0. The van der Waals surface area contributed by atoms with E-state index in [1.807, 2.05) is 72.5 Å². The largest absolute Gasteiger partial charge is 0.487 e. The first kappa shape index (κ1) is 17.0. The number of hydrogen-bond acceptors (Lipinski definition) is 4. The summed E-state index contributed by atoms with van der Waals surface area (Å²) in [6, 6.07) is 15.8. The highest BCUT2D eigenvalue weighted by Gasteiger charge is 2.07. The van der Waals surface area contributed by atoms with Crippen LogP contribution in [0.2, 0.25) is 0 Å². The third-order valence-electron chi connectivity index (χ3n) is 3.89.